The summed E-state index contributed by atoms with van der Waals surface area (Å²) in [5.41, 5.74) is 0. The average molecular weight is 845 g/mol. The van der Waals surface area contributed by atoms with E-state index < -0.39 is 19.9 Å². The number of phosphoric acid groups is 1. The van der Waals surface area contributed by atoms with Crippen LogP contribution in [0.3, 0.4) is 0 Å². The summed E-state index contributed by atoms with van der Waals surface area (Å²) in [6.07, 6.45) is 50.2. The van der Waals surface area contributed by atoms with Gasteiger partial charge in [0.1, 0.15) is 6.61 Å². The summed E-state index contributed by atoms with van der Waals surface area (Å²) in [7, 11) is -3.19. The van der Waals surface area contributed by atoms with Crippen LogP contribution in [0.2, 0.25) is 0 Å². The lowest BCUT2D eigenvalue weighted by Gasteiger charge is -2.19. The number of carbonyl (C=O) groups is 2. The number of unbranched alkanes of at least 4 members (excludes halogenated alkanes) is 37. The summed E-state index contributed by atoms with van der Waals surface area (Å²) >= 11 is 0. The second-order valence-electron chi connectivity index (χ2n) is 17.3. The Hall–Kier alpha value is -0.950. The molecule has 0 aliphatic heterocycles. The van der Waals surface area contributed by atoms with Gasteiger partial charge in [-0.05, 0) is 12.8 Å². The first kappa shape index (κ1) is 57.1. The van der Waals surface area contributed by atoms with E-state index in [1.807, 2.05) is 0 Å². The van der Waals surface area contributed by atoms with Crippen LogP contribution in [0.1, 0.15) is 277 Å². The van der Waals surface area contributed by atoms with Gasteiger partial charge in [0.05, 0.1) is 6.61 Å². The molecule has 0 saturated heterocycles. The van der Waals surface area contributed by atoms with Crippen LogP contribution in [-0.2, 0) is 32.7 Å². The zero-order valence-electron chi connectivity index (χ0n) is 38.7. The second-order valence-corrected chi connectivity index (χ2v) is 18.9. The summed E-state index contributed by atoms with van der Waals surface area (Å²) in [6.45, 7) is 3.95. The average Bonchev–Trinajstić information content (AvgIpc) is 3.21. The standard InChI is InChI=1S/C49H97O8P/c1-4-6-8-10-12-14-16-18-20-22-24-25-26-28-30-32-34-36-38-40-42-44-49(51)57-47(46-56-58(52,53)54-3)45-55-48(50)43-41-39-37-35-33-31-29-27-23-21-19-17-15-13-11-9-7-5-2/h47H,4-46H2,1-3H3,(H,52,53). The van der Waals surface area contributed by atoms with Gasteiger partial charge in [-0.2, -0.15) is 0 Å². The molecule has 8 nitrogen and oxygen atoms in total. The van der Waals surface area contributed by atoms with Gasteiger partial charge in [0.25, 0.3) is 0 Å². The first-order valence-corrected chi connectivity index (χ1v) is 26.7. The summed E-state index contributed by atoms with van der Waals surface area (Å²) in [5.74, 6) is -0.781. The number of ether oxygens (including phenoxy) is 2. The Labute approximate surface area is 359 Å². The molecule has 346 valence electrons. The van der Waals surface area contributed by atoms with Crippen LogP contribution in [0.4, 0.5) is 0 Å². The molecule has 0 heterocycles. The Morgan fingerprint density at radius 1 is 0.414 bits per heavy atom. The Balaban J connectivity index is 3.85. The van der Waals surface area contributed by atoms with E-state index in [-0.39, 0.29) is 25.6 Å². The van der Waals surface area contributed by atoms with Crippen molar-refractivity contribution in [3.8, 4) is 0 Å². The smallest absolute Gasteiger partial charge is 0.462 e. The Bertz CT molecular complexity index is 915. The molecule has 1 N–H and O–H groups in total. The molecule has 0 saturated carbocycles. The summed E-state index contributed by atoms with van der Waals surface area (Å²) in [4.78, 5) is 34.6. The first-order valence-electron chi connectivity index (χ1n) is 25.2. The van der Waals surface area contributed by atoms with Crippen LogP contribution in [0.5, 0.6) is 0 Å². The van der Waals surface area contributed by atoms with Crippen molar-refractivity contribution in [1.29, 1.82) is 0 Å². The van der Waals surface area contributed by atoms with Crippen LogP contribution >= 0.6 is 7.82 Å². The van der Waals surface area contributed by atoms with Gasteiger partial charge in [-0.1, -0.05) is 251 Å². The molecule has 2 unspecified atom stereocenters. The quantitative estimate of drug-likeness (QED) is 0.0366. The van der Waals surface area contributed by atoms with Crippen molar-refractivity contribution in [2.75, 3.05) is 20.3 Å². The summed E-state index contributed by atoms with van der Waals surface area (Å²) < 4.78 is 32.1. The van der Waals surface area contributed by atoms with Gasteiger partial charge in [0.15, 0.2) is 6.10 Å². The zero-order chi connectivity index (χ0) is 42.5. The van der Waals surface area contributed by atoms with E-state index in [0.29, 0.717) is 6.42 Å². The van der Waals surface area contributed by atoms with Crippen molar-refractivity contribution in [1.82, 2.24) is 0 Å². The zero-order valence-corrected chi connectivity index (χ0v) is 39.6. The van der Waals surface area contributed by atoms with Crippen molar-refractivity contribution in [3.63, 3.8) is 0 Å². The molecule has 0 aromatic rings. The number of hydrogen-bond donors (Lipinski definition) is 1. The van der Waals surface area contributed by atoms with Crippen LogP contribution < -0.4 is 0 Å². The Morgan fingerprint density at radius 3 is 0.948 bits per heavy atom. The van der Waals surface area contributed by atoms with Crippen molar-refractivity contribution in [2.45, 2.75) is 283 Å². The molecule has 58 heavy (non-hydrogen) atoms. The maximum atomic E-state index is 12.6. The molecule has 0 amide bonds. The molecule has 0 spiro atoms. The van der Waals surface area contributed by atoms with E-state index in [1.165, 1.54) is 212 Å². The molecular formula is C49H97O8P. The summed E-state index contributed by atoms with van der Waals surface area (Å²) in [5, 5.41) is 0. The van der Waals surface area contributed by atoms with Gasteiger partial charge >= 0.3 is 19.8 Å². The lowest BCUT2D eigenvalue weighted by molar-refractivity contribution is -0.161. The van der Waals surface area contributed by atoms with E-state index in [4.69, 9.17) is 14.0 Å². The Kier molecular flexibility index (Phi) is 44.8. The van der Waals surface area contributed by atoms with E-state index >= 15 is 0 Å². The SMILES string of the molecule is CCCCCCCCCCCCCCCCCCCCCCCC(=O)OC(COC(=O)CCCCCCCCCCCCCCCCCCCC)COP(=O)(O)OC. The highest BCUT2D eigenvalue weighted by molar-refractivity contribution is 7.47. The third-order valence-corrected chi connectivity index (χ3v) is 12.5. The predicted octanol–water partition coefficient (Wildman–Crippen LogP) is 16.2. The highest BCUT2D eigenvalue weighted by Crippen LogP contribution is 2.42. The minimum Gasteiger partial charge on any atom is -0.462 e. The third kappa shape index (κ3) is 44.6. The molecule has 0 aromatic heterocycles. The van der Waals surface area contributed by atoms with Crippen LogP contribution in [0.15, 0.2) is 0 Å². The molecular weight excluding hydrogens is 748 g/mol. The van der Waals surface area contributed by atoms with Gasteiger partial charge in [-0.25, -0.2) is 4.57 Å². The molecule has 0 bridgehead atoms. The minimum atomic E-state index is -4.26. The number of hydrogen-bond acceptors (Lipinski definition) is 7. The van der Waals surface area contributed by atoms with Gasteiger partial charge in [0, 0.05) is 20.0 Å². The Morgan fingerprint density at radius 2 is 0.672 bits per heavy atom. The van der Waals surface area contributed by atoms with E-state index in [1.54, 1.807) is 0 Å². The lowest BCUT2D eigenvalue weighted by atomic mass is 10.0. The van der Waals surface area contributed by atoms with Crippen molar-refractivity contribution >= 4 is 19.8 Å². The fraction of sp³-hybridized carbons (Fsp3) is 0.959. The molecule has 0 aromatic carbocycles. The monoisotopic (exact) mass is 845 g/mol. The fourth-order valence-electron chi connectivity index (χ4n) is 7.72. The summed E-state index contributed by atoms with van der Waals surface area (Å²) in [6, 6.07) is 0. The van der Waals surface area contributed by atoms with Crippen molar-refractivity contribution in [2.24, 2.45) is 0 Å². The highest BCUT2D eigenvalue weighted by atomic mass is 31.2. The number of rotatable bonds is 48. The molecule has 0 fully saturated rings. The molecule has 0 rings (SSSR count). The van der Waals surface area contributed by atoms with E-state index in [0.717, 1.165) is 45.6 Å². The number of carbonyl (C=O) groups excluding carboxylic acids is 2. The van der Waals surface area contributed by atoms with Gasteiger partial charge in [0.2, 0.25) is 0 Å². The predicted molar refractivity (Wildman–Crippen MR) is 244 cm³/mol. The molecule has 0 aliphatic carbocycles. The van der Waals surface area contributed by atoms with Gasteiger partial charge < -0.3 is 14.4 Å². The topological polar surface area (TPSA) is 108 Å². The molecule has 0 radical (unpaired) electrons. The van der Waals surface area contributed by atoms with Crippen LogP contribution in [0, 0.1) is 0 Å². The second kappa shape index (κ2) is 45.6. The maximum Gasteiger partial charge on any atom is 0.472 e. The maximum absolute atomic E-state index is 12.6. The van der Waals surface area contributed by atoms with Crippen LogP contribution in [0.25, 0.3) is 0 Å². The van der Waals surface area contributed by atoms with Gasteiger partial charge in [-0.15, -0.1) is 0 Å². The van der Waals surface area contributed by atoms with E-state index in [2.05, 4.69) is 18.4 Å². The normalized spacial score (nSPS) is 13.1. The van der Waals surface area contributed by atoms with Crippen molar-refractivity contribution < 1.29 is 37.6 Å². The van der Waals surface area contributed by atoms with E-state index in [9.17, 15) is 19.0 Å². The molecule has 9 heteroatoms. The lowest BCUT2D eigenvalue weighted by Crippen LogP contribution is -2.29. The minimum absolute atomic E-state index is 0.216. The van der Waals surface area contributed by atoms with Crippen molar-refractivity contribution in [3.05, 3.63) is 0 Å². The fourth-order valence-corrected chi connectivity index (χ4v) is 8.18. The third-order valence-electron chi connectivity index (χ3n) is 11.6. The van der Waals surface area contributed by atoms with Crippen LogP contribution in [-0.4, -0.2) is 43.3 Å². The molecule has 2 atom stereocenters. The number of phosphoric ester groups is 1. The number of esters is 2. The largest absolute Gasteiger partial charge is 0.472 e. The first-order chi connectivity index (χ1) is 28.3. The van der Waals surface area contributed by atoms with Gasteiger partial charge in [-0.3, -0.25) is 18.6 Å². The molecule has 0 aliphatic rings. The highest BCUT2D eigenvalue weighted by Gasteiger charge is 2.24.